The van der Waals surface area contributed by atoms with Crippen LogP contribution < -0.4 is 10.5 Å². The zero-order chi connectivity index (χ0) is 9.26. The summed E-state index contributed by atoms with van der Waals surface area (Å²) in [5, 5.41) is 0. The van der Waals surface area contributed by atoms with E-state index in [4.69, 9.17) is 10.5 Å². The largest absolute Gasteiger partial charge is 0.492 e. The molecule has 0 saturated heterocycles. The zero-order valence-electron chi connectivity index (χ0n) is 7.35. The minimum Gasteiger partial charge on any atom is -0.492 e. The van der Waals surface area contributed by atoms with Crippen LogP contribution >= 0.6 is 15.9 Å². The average molecular weight is 242 g/mol. The van der Waals surface area contributed by atoms with Gasteiger partial charge < -0.3 is 10.5 Å². The van der Waals surface area contributed by atoms with Crippen LogP contribution in [-0.2, 0) is 12.8 Å². The van der Waals surface area contributed by atoms with Gasteiger partial charge in [0.15, 0.2) is 0 Å². The van der Waals surface area contributed by atoms with Crippen LogP contribution in [0.4, 0.5) is 0 Å². The molecule has 2 N–H and O–H groups in total. The second-order valence-electron chi connectivity index (χ2n) is 3.20. The second kappa shape index (κ2) is 3.68. The maximum atomic E-state index is 5.51. The molecule has 0 spiro atoms. The maximum Gasteiger partial charge on any atom is 0.136 e. The molecule has 0 aromatic heterocycles. The second-order valence-corrected chi connectivity index (χ2v) is 4.06. The highest BCUT2D eigenvalue weighted by atomic mass is 79.9. The smallest absolute Gasteiger partial charge is 0.136 e. The van der Waals surface area contributed by atoms with Gasteiger partial charge in [-0.2, -0.15) is 0 Å². The minimum atomic E-state index is 0.700. The fraction of sp³-hybridized carbons (Fsp3) is 0.400. The fourth-order valence-electron chi connectivity index (χ4n) is 1.63. The van der Waals surface area contributed by atoms with Crippen LogP contribution in [0.5, 0.6) is 5.75 Å². The van der Waals surface area contributed by atoms with Crippen molar-refractivity contribution in [1.29, 1.82) is 0 Å². The molecule has 0 aliphatic carbocycles. The van der Waals surface area contributed by atoms with E-state index >= 15 is 0 Å². The molecule has 2 rings (SSSR count). The van der Waals surface area contributed by atoms with Crippen LogP contribution in [-0.4, -0.2) is 13.2 Å². The third-order valence-electron chi connectivity index (χ3n) is 2.23. The van der Waals surface area contributed by atoms with Gasteiger partial charge in [-0.3, -0.25) is 0 Å². The summed E-state index contributed by atoms with van der Waals surface area (Å²) in [6.45, 7) is 1.51. The number of benzene rings is 1. The molecule has 0 saturated carbocycles. The van der Waals surface area contributed by atoms with E-state index in [0.29, 0.717) is 6.54 Å². The molecular weight excluding hydrogens is 230 g/mol. The van der Waals surface area contributed by atoms with Crippen LogP contribution in [0.15, 0.2) is 16.6 Å². The van der Waals surface area contributed by atoms with Crippen molar-refractivity contribution in [3.05, 3.63) is 27.7 Å². The summed E-state index contributed by atoms with van der Waals surface area (Å²) < 4.78 is 6.55. The van der Waals surface area contributed by atoms with Crippen molar-refractivity contribution in [2.24, 2.45) is 5.73 Å². The van der Waals surface area contributed by atoms with E-state index in [2.05, 4.69) is 28.1 Å². The zero-order valence-corrected chi connectivity index (χ0v) is 8.93. The first-order valence-corrected chi connectivity index (χ1v) is 5.24. The lowest BCUT2D eigenvalue weighted by atomic mass is 10.1. The predicted octanol–water partition coefficient (Wildman–Crippen LogP) is 1.89. The van der Waals surface area contributed by atoms with Gasteiger partial charge in [0.05, 0.1) is 11.1 Å². The van der Waals surface area contributed by atoms with Crippen LogP contribution in [0, 0.1) is 0 Å². The van der Waals surface area contributed by atoms with E-state index in [9.17, 15) is 0 Å². The number of hydrogen-bond acceptors (Lipinski definition) is 2. The number of nitrogens with two attached hydrogens (primary N) is 1. The lowest BCUT2D eigenvalue weighted by Gasteiger charge is -2.05. The van der Waals surface area contributed by atoms with Gasteiger partial charge in [-0.05, 0) is 46.1 Å². The van der Waals surface area contributed by atoms with Crippen LogP contribution in [0.2, 0.25) is 0 Å². The molecule has 1 heterocycles. The quantitative estimate of drug-likeness (QED) is 0.859. The van der Waals surface area contributed by atoms with Gasteiger partial charge in [-0.25, -0.2) is 0 Å². The van der Waals surface area contributed by atoms with E-state index in [1.807, 2.05) is 0 Å². The maximum absolute atomic E-state index is 5.51. The predicted molar refractivity (Wildman–Crippen MR) is 56.1 cm³/mol. The number of hydrogen-bond donors (Lipinski definition) is 1. The van der Waals surface area contributed by atoms with Crippen molar-refractivity contribution in [1.82, 2.24) is 0 Å². The molecule has 2 nitrogen and oxygen atoms in total. The average Bonchev–Trinajstić information content (AvgIpc) is 2.53. The first-order valence-electron chi connectivity index (χ1n) is 4.45. The Hall–Kier alpha value is -0.540. The van der Waals surface area contributed by atoms with Crippen LogP contribution in [0.25, 0.3) is 0 Å². The highest BCUT2D eigenvalue weighted by Crippen LogP contribution is 2.34. The van der Waals surface area contributed by atoms with Crippen molar-refractivity contribution in [3.8, 4) is 5.75 Å². The molecule has 0 atom stereocenters. The Balaban J connectivity index is 2.37. The number of fused-ring (bicyclic) bond motifs is 1. The Morgan fingerprint density at radius 1 is 1.46 bits per heavy atom. The first kappa shape index (κ1) is 9.03. The molecule has 1 aromatic carbocycles. The third-order valence-corrected chi connectivity index (χ3v) is 2.82. The van der Waals surface area contributed by atoms with E-state index in [1.54, 1.807) is 0 Å². The lowest BCUT2D eigenvalue weighted by Crippen LogP contribution is -2.02. The molecule has 13 heavy (non-hydrogen) atoms. The Bertz CT molecular complexity index is 325. The van der Waals surface area contributed by atoms with Gasteiger partial charge in [0.2, 0.25) is 0 Å². The Kier molecular flexibility index (Phi) is 2.56. The molecule has 1 aliphatic rings. The third kappa shape index (κ3) is 1.71. The molecule has 0 amide bonds. The van der Waals surface area contributed by atoms with Gasteiger partial charge in [-0.1, -0.05) is 6.07 Å². The molecular formula is C10H12BrNO. The minimum absolute atomic E-state index is 0.700. The summed E-state index contributed by atoms with van der Waals surface area (Å²) in [5.41, 5.74) is 8.10. The van der Waals surface area contributed by atoms with Gasteiger partial charge >= 0.3 is 0 Å². The van der Waals surface area contributed by atoms with E-state index in [1.165, 1.54) is 11.1 Å². The van der Waals surface area contributed by atoms with E-state index in [0.717, 1.165) is 29.7 Å². The number of ether oxygens (including phenoxy) is 1. The summed E-state index contributed by atoms with van der Waals surface area (Å²) in [7, 11) is 0. The molecule has 0 fully saturated rings. The highest BCUT2D eigenvalue weighted by Gasteiger charge is 2.15. The SMILES string of the molecule is NCCc1cc(Br)c2c(c1)CCO2. The molecule has 0 unspecified atom stereocenters. The number of rotatable bonds is 2. The van der Waals surface area contributed by atoms with Crippen LogP contribution in [0.3, 0.4) is 0 Å². The summed E-state index contributed by atoms with van der Waals surface area (Å²) in [6, 6.07) is 4.29. The van der Waals surface area contributed by atoms with Crippen molar-refractivity contribution < 1.29 is 4.74 Å². The Labute approximate surface area is 86.2 Å². The molecule has 0 bridgehead atoms. The van der Waals surface area contributed by atoms with Gasteiger partial charge in [-0.15, -0.1) is 0 Å². The van der Waals surface area contributed by atoms with Crippen LogP contribution in [0.1, 0.15) is 11.1 Å². The lowest BCUT2D eigenvalue weighted by molar-refractivity contribution is 0.355. The van der Waals surface area contributed by atoms with E-state index < -0.39 is 0 Å². The fourth-order valence-corrected chi connectivity index (χ4v) is 2.30. The normalized spacial score (nSPS) is 14.0. The molecule has 1 aliphatic heterocycles. The van der Waals surface area contributed by atoms with Crippen molar-refractivity contribution in [2.45, 2.75) is 12.8 Å². The van der Waals surface area contributed by atoms with Crippen molar-refractivity contribution in [2.75, 3.05) is 13.2 Å². The first-order chi connectivity index (χ1) is 6.31. The highest BCUT2D eigenvalue weighted by molar-refractivity contribution is 9.10. The van der Waals surface area contributed by atoms with Gasteiger partial charge in [0.1, 0.15) is 5.75 Å². The Morgan fingerprint density at radius 2 is 2.31 bits per heavy atom. The molecule has 3 heteroatoms. The molecule has 70 valence electrons. The topological polar surface area (TPSA) is 35.2 Å². The van der Waals surface area contributed by atoms with Gasteiger partial charge in [0.25, 0.3) is 0 Å². The molecule has 0 radical (unpaired) electrons. The summed E-state index contributed by atoms with van der Waals surface area (Å²) in [4.78, 5) is 0. The van der Waals surface area contributed by atoms with Crippen molar-refractivity contribution >= 4 is 15.9 Å². The van der Waals surface area contributed by atoms with Crippen molar-refractivity contribution in [3.63, 3.8) is 0 Å². The summed E-state index contributed by atoms with van der Waals surface area (Å²) in [6.07, 6.45) is 1.96. The monoisotopic (exact) mass is 241 g/mol. The van der Waals surface area contributed by atoms with E-state index in [-0.39, 0.29) is 0 Å². The molecule has 1 aromatic rings. The summed E-state index contributed by atoms with van der Waals surface area (Å²) in [5.74, 6) is 1.01. The standard InChI is InChI=1S/C10H12BrNO/c11-9-6-7(1-3-12)5-8-2-4-13-10(8)9/h5-6H,1-4,12H2. The van der Waals surface area contributed by atoms with Gasteiger partial charge in [0, 0.05) is 6.42 Å². The Morgan fingerprint density at radius 3 is 3.08 bits per heavy atom. The summed E-state index contributed by atoms with van der Waals surface area (Å²) >= 11 is 3.50. The number of halogens is 1.